The molecule has 37 heavy (non-hydrogen) atoms. The Balaban J connectivity index is 1.32. The molecule has 2 atom stereocenters. The number of alkyl halides is 3. The normalized spacial score (nSPS) is 16.6. The van der Waals surface area contributed by atoms with Crippen molar-refractivity contribution in [1.82, 2.24) is 9.97 Å². The second-order valence-corrected chi connectivity index (χ2v) is 10.4. The van der Waals surface area contributed by atoms with Crippen LogP contribution in [0.4, 0.5) is 19.0 Å². The summed E-state index contributed by atoms with van der Waals surface area (Å²) in [4.78, 5) is 34.7. The molecular weight excluding hydrogens is 503 g/mol. The Morgan fingerprint density at radius 3 is 2.57 bits per heavy atom. The molecule has 0 bridgehead atoms. The van der Waals surface area contributed by atoms with E-state index in [-0.39, 0.29) is 30.0 Å². The predicted molar refractivity (Wildman–Crippen MR) is 136 cm³/mol. The standard InChI is InChI=1S/C27H28F3N3O3S/c1-16(13-22(35)26-18(3)31-25(37-26)14-17(2)34)19-7-9-20(10-8-19)36-21-11-12-33(15-21)24-6-4-5-23(32-24)27(28,29)30/h4-10,16,21H,11-15H2,1-3H3/t16-,21-/m1/s1. The van der Waals surface area contributed by atoms with Crippen LogP contribution in [0.25, 0.3) is 0 Å². The lowest BCUT2D eigenvalue weighted by Crippen LogP contribution is -2.25. The first-order valence-corrected chi connectivity index (χ1v) is 12.9. The number of aryl methyl sites for hydroxylation is 1. The van der Waals surface area contributed by atoms with Crippen molar-refractivity contribution < 1.29 is 27.5 Å². The Morgan fingerprint density at radius 2 is 1.89 bits per heavy atom. The van der Waals surface area contributed by atoms with Gasteiger partial charge in [0.05, 0.1) is 23.5 Å². The molecule has 1 aromatic carbocycles. The van der Waals surface area contributed by atoms with Gasteiger partial charge < -0.3 is 9.64 Å². The number of rotatable bonds is 9. The van der Waals surface area contributed by atoms with Crippen LogP contribution in [-0.4, -0.2) is 40.7 Å². The monoisotopic (exact) mass is 531 g/mol. The van der Waals surface area contributed by atoms with Gasteiger partial charge in [-0.1, -0.05) is 25.1 Å². The number of carbonyl (C=O) groups is 2. The van der Waals surface area contributed by atoms with Gasteiger partial charge in [-0.25, -0.2) is 9.97 Å². The molecule has 0 unspecified atom stereocenters. The topological polar surface area (TPSA) is 72.4 Å². The van der Waals surface area contributed by atoms with E-state index < -0.39 is 11.9 Å². The summed E-state index contributed by atoms with van der Waals surface area (Å²) < 4.78 is 45.0. The number of pyridine rings is 1. The van der Waals surface area contributed by atoms with Crippen molar-refractivity contribution in [3.05, 3.63) is 69.3 Å². The fraction of sp³-hybridized carbons (Fsp3) is 0.407. The number of ketones is 2. The molecule has 0 N–H and O–H groups in total. The van der Waals surface area contributed by atoms with Gasteiger partial charge in [-0.15, -0.1) is 11.3 Å². The predicted octanol–water partition coefficient (Wildman–Crippen LogP) is 6.03. The minimum atomic E-state index is -4.48. The highest BCUT2D eigenvalue weighted by molar-refractivity contribution is 7.14. The van der Waals surface area contributed by atoms with E-state index in [1.807, 2.05) is 31.2 Å². The Morgan fingerprint density at radius 1 is 1.16 bits per heavy atom. The first-order chi connectivity index (χ1) is 17.5. The highest BCUT2D eigenvalue weighted by Gasteiger charge is 2.34. The Kier molecular flexibility index (Phi) is 7.96. The third-order valence-electron chi connectivity index (χ3n) is 6.23. The number of hydrogen-bond acceptors (Lipinski definition) is 7. The molecule has 6 nitrogen and oxygen atoms in total. The summed E-state index contributed by atoms with van der Waals surface area (Å²) in [7, 11) is 0. The summed E-state index contributed by atoms with van der Waals surface area (Å²) in [6, 6.07) is 11.5. The fourth-order valence-corrected chi connectivity index (χ4v) is 5.43. The number of nitrogens with zero attached hydrogens (tertiary/aromatic N) is 3. The van der Waals surface area contributed by atoms with Gasteiger partial charge in [-0.3, -0.25) is 9.59 Å². The summed E-state index contributed by atoms with van der Waals surface area (Å²) in [6.45, 7) is 6.28. The molecule has 0 aliphatic carbocycles. The van der Waals surface area contributed by atoms with Gasteiger partial charge in [-0.2, -0.15) is 13.2 Å². The van der Waals surface area contributed by atoms with Crippen LogP contribution < -0.4 is 9.64 Å². The van der Waals surface area contributed by atoms with Gasteiger partial charge in [0, 0.05) is 19.4 Å². The highest BCUT2D eigenvalue weighted by atomic mass is 32.1. The molecule has 1 fully saturated rings. The first-order valence-electron chi connectivity index (χ1n) is 12.0. The zero-order valence-electron chi connectivity index (χ0n) is 20.8. The van der Waals surface area contributed by atoms with Crippen LogP contribution in [0.1, 0.15) is 64.2 Å². The van der Waals surface area contributed by atoms with E-state index in [2.05, 4.69) is 9.97 Å². The number of hydrogen-bond donors (Lipinski definition) is 0. The van der Waals surface area contributed by atoms with Gasteiger partial charge in [0.1, 0.15) is 34.2 Å². The number of carbonyl (C=O) groups excluding carboxylic acids is 2. The lowest BCUT2D eigenvalue weighted by Gasteiger charge is -2.19. The SMILES string of the molecule is CC(=O)Cc1nc(C)c(C(=O)C[C@@H](C)c2ccc(O[C@@H]3CCN(c4cccc(C(F)(F)F)n4)C3)cc2)s1. The quantitative estimate of drug-likeness (QED) is 0.314. The third kappa shape index (κ3) is 6.74. The molecule has 0 spiro atoms. The van der Waals surface area contributed by atoms with E-state index in [0.29, 0.717) is 53.1 Å². The Labute approximate surface area is 217 Å². The zero-order valence-corrected chi connectivity index (χ0v) is 21.7. The molecule has 10 heteroatoms. The molecule has 3 aromatic rings. The number of halogens is 3. The summed E-state index contributed by atoms with van der Waals surface area (Å²) >= 11 is 1.29. The molecule has 1 aliphatic rings. The minimum absolute atomic E-state index is 0.00637. The average molecular weight is 532 g/mol. The smallest absolute Gasteiger partial charge is 0.433 e. The van der Waals surface area contributed by atoms with Crippen LogP contribution in [0.3, 0.4) is 0 Å². The third-order valence-corrected chi connectivity index (χ3v) is 7.43. The Hall–Kier alpha value is -3.27. The van der Waals surface area contributed by atoms with E-state index in [0.717, 1.165) is 11.6 Å². The fourth-order valence-electron chi connectivity index (χ4n) is 4.35. The highest BCUT2D eigenvalue weighted by Crippen LogP contribution is 2.31. The molecule has 1 saturated heterocycles. The molecule has 196 valence electrons. The number of benzene rings is 1. The van der Waals surface area contributed by atoms with Crippen LogP contribution in [0.15, 0.2) is 42.5 Å². The largest absolute Gasteiger partial charge is 0.489 e. The maximum Gasteiger partial charge on any atom is 0.433 e. The molecule has 3 heterocycles. The number of Topliss-reactive ketones (excluding diaryl/α,β-unsaturated/α-hetero) is 2. The zero-order chi connectivity index (χ0) is 26.7. The maximum atomic E-state index is 13.0. The van der Waals surface area contributed by atoms with Crippen molar-refractivity contribution in [1.29, 1.82) is 0 Å². The van der Waals surface area contributed by atoms with Gasteiger partial charge in [0.2, 0.25) is 0 Å². The van der Waals surface area contributed by atoms with Gasteiger partial charge in [0.25, 0.3) is 0 Å². The van der Waals surface area contributed by atoms with Crippen LogP contribution >= 0.6 is 11.3 Å². The summed E-state index contributed by atoms with van der Waals surface area (Å²) in [5.74, 6) is 0.957. The van der Waals surface area contributed by atoms with Crippen molar-refractivity contribution in [2.24, 2.45) is 0 Å². The lowest BCUT2D eigenvalue weighted by molar-refractivity contribution is -0.141. The van der Waals surface area contributed by atoms with Crippen molar-refractivity contribution in [3.63, 3.8) is 0 Å². The van der Waals surface area contributed by atoms with Crippen LogP contribution in [-0.2, 0) is 17.4 Å². The van der Waals surface area contributed by atoms with E-state index in [1.165, 1.54) is 24.3 Å². The number of thiazole rings is 1. The number of ether oxygens (including phenoxy) is 1. The average Bonchev–Trinajstić information content (AvgIpc) is 3.45. The Bertz CT molecular complexity index is 1270. The number of anilines is 1. The van der Waals surface area contributed by atoms with Gasteiger partial charge >= 0.3 is 6.18 Å². The van der Waals surface area contributed by atoms with E-state index >= 15 is 0 Å². The minimum Gasteiger partial charge on any atom is -0.489 e. The van der Waals surface area contributed by atoms with Crippen molar-refractivity contribution >= 4 is 28.7 Å². The number of aromatic nitrogens is 2. The molecular formula is C27H28F3N3O3S. The second kappa shape index (κ2) is 11.0. The molecule has 2 aromatic heterocycles. The maximum absolute atomic E-state index is 13.0. The summed E-state index contributed by atoms with van der Waals surface area (Å²) in [5.41, 5.74) is 0.751. The van der Waals surface area contributed by atoms with Crippen molar-refractivity contribution in [2.75, 3.05) is 18.0 Å². The molecule has 0 radical (unpaired) electrons. The first kappa shape index (κ1) is 26.8. The van der Waals surface area contributed by atoms with Crippen LogP contribution in [0.2, 0.25) is 0 Å². The molecule has 0 saturated carbocycles. The van der Waals surface area contributed by atoms with Crippen LogP contribution in [0, 0.1) is 6.92 Å². The molecule has 1 aliphatic heterocycles. The van der Waals surface area contributed by atoms with Crippen molar-refractivity contribution in [2.45, 2.75) is 58.2 Å². The molecule has 4 rings (SSSR count). The molecule has 0 amide bonds. The van der Waals surface area contributed by atoms with E-state index in [9.17, 15) is 22.8 Å². The lowest BCUT2D eigenvalue weighted by atomic mass is 9.95. The van der Waals surface area contributed by atoms with Gasteiger partial charge in [-0.05, 0) is 49.6 Å². The summed E-state index contributed by atoms with van der Waals surface area (Å²) in [5, 5.41) is 0.664. The van der Waals surface area contributed by atoms with Crippen molar-refractivity contribution in [3.8, 4) is 5.75 Å². The van der Waals surface area contributed by atoms with Gasteiger partial charge in [0.15, 0.2) is 5.78 Å². The van der Waals surface area contributed by atoms with E-state index in [4.69, 9.17) is 4.74 Å². The summed E-state index contributed by atoms with van der Waals surface area (Å²) in [6.07, 6.45) is -3.41. The van der Waals surface area contributed by atoms with E-state index in [1.54, 1.807) is 17.9 Å². The van der Waals surface area contributed by atoms with Crippen LogP contribution in [0.5, 0.6) is 5.75 Å². The second-order valence-electron chi connectivity index (χ2n) is 9.35.